The maximum Gasteiger partial charge on any atom is 0.408 e. The van der Waals surface area contributed by atoms with Crippen LogP contribution in [0.15, 0.2) is 0 Å². The third-order valence-electron chi connectivity index (χ3n) is 5.70. The van der Waals surface area contributed by atoms with Crippen LogP contribution in [0, 0.1) is 0 Å². The molecule has 0 unspecified atom stereocenters. The number of primary amides is 1. The van der Waals surface area contributed by atoms with Gasteiger partial charge in [0.05, 0.1) is 6.42 Å². The zero-order valence-electron chi connectivity index (χ0n) is 22.9. The molecule has 0 fully saturated rings. The normalized spacial score (nSPS) is 13.0. The number of carboxylic acids is 1. The van der Waals surface area contributed by atoms with Gasteiger partial charge in [0.1, 0.15) is 17.7 Å². The van der Waals surface area contributed by atoms with Gasteiger partial charge >= 0.3 is 18.0 Å². The largest absolute Gasteiger partial charge is 0.481 e. The Labute approximate surface area is 217 Å². The molecule has 2 atom stereocenters. The minimum Gasteiger partial charge on any atom is -0.481 e. The molecule has 0 aliphatic heterocycles. The zero-order chi connectivity index (χ0) is 27.4. The Hall–Kier alpha value is -2.32. The number of rotatable bonds is 21. The van der Waals surface area contributed by atoms with Crippen molar-refractivity contribution in [2.75, 3.05) is 0 Å². The van der Waals surface area contributed by atoms with Crippen molar-refractivity contribution in [2.24, 2.45) is 5.73 Å². The number of carboxylic acid groups (broad SMARTS) is 1. The van der Waals surface area contributed by atoms with Crippen LogP contribution in [0.3, 0.4) is 0 Å². The predicted octanol–water partition coefficient (Wildman–Crippen LogP) is 5.62. The number of amides is 2. The lowest BCUT2D eigenvalue weighted by molar-refractivity contribution is -0.153. The van der Waals surface area contributed by atoms with E-state index in [0.29, 0.717) is 6.42 Å². The Kier molecular flexibility index (Phi) is 18.5. The first kappa shape index (κ1) is 33.7. The first-order valence-electron chi connectivity index (χ1n) is 13.6. The fourth-order valence-electron chi connectivity index (χ4n) is 3.87. The number of esters is 1. The van der Waals surface area contributed by atoms with E-state index in [-0.39, 0.29) is 25.7 Å². The number of hydrogen-bond donors (Lipinski definition) is 3. The van der Waals surface area contributed by atoms with Crippen LogP contribution in [0.4, 0.5) is 4.79 Å². The molecule has 0 rings (SSSR count). The van der Waals surface area contributed by atoms with E-state index in [4.69, 9.17) is 20.3 Å². The van der Waals surface area contributed by atoms with Crippen LogP contribution in [-0.4, -0.2) is 46.8 Å². The lowest BCUT2D eigenvalue weighted by Gasteiger charge is -2.24. The molecule has 0 aromatic heterocycles. The highest BCUT2D eigenvalue weighted by atomic mass is 16.6. The molecule has 4 N–H and O–H groups in total. The molecule has 0 radical (unpaired) electrons. The summed E-state index contributed by atoms with van der Waals surface area (Å²) >= 11 is 0. The average molecular weight is 515 g/mol. The minimum absolute atomic E-state index is 0.0755. The van der Waals surface area contributed by atoms with E-state index in [2.05, 4.69) is 12.2 Å². The first-order chi connectivity index (χ1) is 16.9. The molecule has 0 aromatic rings. The molecule has 0 spiro atoms. The maximum absolute atomic E-state index is 12.8. The molecule has 0 heterocycles. The van der Waals surface area contributed by atoms with Crippen molar-refractivity contribution in [3.63, 3.8) is 0 Å². The van der Waals surface area contributed by atoms with Gasteiger partial charge in [0.15, 0.2) is 0 Å². The number of aliphatic carboxylic acids is 1. The third kappa shape index (κ3) is 21.0. The Morgan fingerprint density at radius 3 is 1.83 bits per heavy atom. The number of unbranched alkanes of at least 4 members (excludes halogenated alkanes) is 10. The average Bonchev–Trinajstić information content (AvgIpc) is 2.74. The summed E-state index contributed by atoms with van der Waals surface area (Å²) in [6.45, 7) is 7.30. The van der Waals surface area contributed by atoms with Gasteiger partial charge in [-0.25, -0.2) is 9.59 Å². The van der Waals surface area contributed by atoms with Gasteiger partial charge in [-0.1, -0.05) is 71.1 Å². The number of ether oxygens (including phenoxy) is 2. The third-order valence-corrected chi connectivity index (χ3v) is 5.70. The number of nitrogens with two attached hydrogens (primary N) is 1. The lowest BCUT2D eigenvalue weighted by Crippen LogP contribution is -2.45. The molecule has 0 aromatic carbocycles. The molecule has 0 saturated carbocycles. The van der Waals surface area contributed by atoms with Crippen molar-refractivity contribution in [3.8, 4) is 0 Å². The van der Waals surface area contributed by atoms with Gasteiger partial charge in [-0.15, -0.1) is 0 Å². The smallest absolute Gasteiger partial charge is 0.408 e. The standard InChI is InChI=1S/C27H50N2O7/c1-5-6-7-8-9-10-11-12-13-14-15-17-21(20-23(28)30)35-25(33)22(18-16-19-24(31)32)29-26(34)36-27(2,3)4/h21-22H,5-20H2,1-4H3,(H2,28,30)(H,29,34)(H,31,32)/t21-,22+/m1/s1. The van der Waals surface area contributed by atoms with Gasteiger partial charge in [0.25, 0.3) is 0 Å². The molecule has 9 heteroatoms. The van der Waals surface area contributed by atoms with Gasteiger partial charge in [0.2, 0.25) is 5.91 Å². The molecule has 36 heavy (non-hydrogen) atoms. The Balaban J connectivity index is 4.64. The van der Waals surface area contributed by atoms with Crippen LogP contribution in [0.2, 0.25) is 0 Å². The molecule has 2 amide bonds. The van der Waals surface area contributed by atoms with Crippen LogP contribution in [-0.2, 0) is 23.9 Å². The lowest BCUT2D eigenvalue weighted by atomic mass is 10.0. The van der Waals surface area contributed by atoms with Crippen molar-refractivity contribution >= 4 is 23.9 Å². The quantitative estimate of drug-likeness (QED) is 0.133. The van der Waals surface area contributed by atoms with E-state index >= 15 is 0 Å². The van der Waals surface area contributed by atoms with E-state index in [1.54, 1.807) is 20.8 Å². The number of nitrogens with one attached hydrogen (secondary N) is 1. The summed E-state index contributed by atoms with van der Waals surface area (Å²) in [6.07, 6.45) is 12.0. The minimum atomic E-state index is -1.08. The van der Waals surface area contributed by atoms with Gasteiger partial charge < -0.3 is 25.6 Å². The number of hydrogen-bond acceptors (Lipinski definition) is 6. The van der Waals surface area contributed by atoms with E-state index in [0.717, 1.165) is 19.3 Å². The predicted molar refractivity (Wildman–Crippen MR) is 139 cm³/mol. The Morgan fingerprint density at radius 2 is 1.36 bits per heavy atom. The van der Waals surface area contributed by atoms with Gasteiger partial charge in [-0.05, 0) is 46.5 Å². The summed E-state index contributed by atoms with van der Waals surface area (Å²) in [7, 11) is 0. The highest BCUT2D eigenvalue weighted by molar-refractivity contribution is 5.82. The van der Waals surface area contributed by atoms with Crippen molar-refractivity contribution in [1.82, 2.24) is 5.32 Å². The van der Waals surface area contributed by atoms with Crippen molar-refractivity contribution in [1.29, 1.82) is 0 Å². The van der Waals surface area contributed by atoms with Crippen molar-refractivity contribution in [3.05, 3.63) is 0 Å². The summed E-state index contributed by atoms with van der Waals surface area (Å²) in [5, 5.41) is 11.4. The molecule has 0 aliphatic carbocycles. The SMILES string of the molecule is CCCCCCCCCCCCC[C@H](CC(N)=O)OC(=O)[C@H](CCCC(=O)O)NC(=O)OC(C)(C)C. The van der Waals surface area contributed by atoms with E-state index in [9.17, 15) is 19.2 Å². The van der Waals surface area contributed by atoms with Crippen LogP contribution < -0.4 is 11.1 Å². The summed E-state index contributed by atoms with van der Waals surface area (Å²) in [5.74, 6) is -2.29. The van der Waals surface area contributed by atoms with Crippen LogP contribution in [0.5, 0.6) is 0 Å². The van der Waals surface area contributed by atoms with Crippen LogP contribution in [0.1, 0.15) is 130 Å². The molecule has 0 aliphatic rings. The second kappa shape index (κ2) is 19.8. The zero-order valence-corrected chi connectivity index (χ0v) is 22.9. The first-order valence-corrected chi connectivity index (χ1v) is 13.6. The van der Waals surface area contributed by atoms with Crippen LogP contribution >= 0.6 is 0 Å². The summed E-state index contributed by atoms with van der Waals surface area (Å²) in [4.78, 5) is 47.4. The number of carbonyl (C=O) groups excluding carboxylic acids is 3. The highest BCUT2D eigenvalue weighted by Gasteiger charge is 2.28. The van der Waals surface area contributed by atoms with Crippen molar-refractivity contribution < 1.29 is 33.8 Å². The monoisotopic (exact) mass is 514 g/mol. The van der Waals surface area contributed by atoms with E-state index < -0.39 is 41.7 Å². The molecule has 0 saturated heterocycles. The second-order valence-electron chi connectivity index (χ2n) is 10.5. The Morgan fingerprint density at radius 1 is 0.833 bits per heavy atom. The van der Waals surface area contributed by atoms with Gasteiger partial charge in [0, 0.05) is 6.42 Å². The van der Waals surface area contributed by atoms with E-state index in [1.807, 2.05) is 0 Å². The van der Waals surface area contributed by atoms with Gasteiger partial charge in [-0.2, -0.15) is 0 Å². The molecule has 0 bridgehead atoms. The molecular weight excluding hydrogens is 464 g/mol. The summed E-state index contributed by atoms with van der Waals surface area (Å²) in [6, 6.07) is -1.08. The highest BCUT2D eigenvalue weighted by Crippen LogP contribution is 2.16. The van der Waals surface area contributed by atoms with Crippen LogP contribution in [0.25, 0.3) is 0 Å². The topological polar surface area (TPSA) is 145 Å². The van der Waals surface area contributed by atoms with Crippen molar-refractivity contribution in [2.45, 2.75) is 148 Å². The number of alkyl carbamates (subject to hydrolysis) is 1. The molecular formula is C27H50N2O7. The molecule has 210 valence electrons. The fourth-order valence-corrected chi connectivity index (χ4v) is 3.87. The summed E-state index contributed by atoms with van der Waals surface area (Å²) in [5.41, 5.74) is 4.59. The summed E-state index contributed by atoms with van der Waals surface area (Å²) < 4.78 is 10.8. The second-order valence-corrected chi connectivity index (χ2v) is 10.5. The maximum atomic E-state index is 12.8. The van der Waals surface area contributed by atoms with Gasteiger partial charge in [-0.3, -0.25) is 9.59 Å². The number of carbonyl (C=O) groups is 4. The fraction of sp³-hybridized carbons (Fsp3) is 0.852. The Bertz CT molecular complexity index is 647. The van der Waals surface area contributed by atoms with E-state index in [1.165, 1.54) is 51.4 Å². The molecule has 9 nitrogen and oxygen atoms in total.